The van der Waals surface area contributed by atoms with Crippen LogP contribution in [0.15, 0.2) is 36.5 Å². The Bertz CT molecular complexity index is 856. The molecule has 10 heteroatoms. The van der Waals surface area contributed by atoms with Crippen molar-refractivity contribution in [3.05, 3.63) is 52.7 Å². The van der Waals surface area contributed by atoms with Gasteiger partial charge in [0.25, 0.3) is 5.91 Å². The monoisotopic (exact) mass is 429 g/mol. The van der Waals surface area contributed by atoms with Crippen LogP contribution in [0.4, 0.5) is 19.0 Å². The van der Waals surface area contributed by atoms with E-state index in [0.717, 1.165) is 0 Å². The van der Waals surface area contributed by atoms with Gasteiger partial charge in [0.1, 0.15) is 11.6 Å². The Morgan fingerprint density at radius 2 is 1.93 bits per heavy atom. The van der Waals surface area contributed by atoms with Crippen LogP contribution >= 0.6 is 11.6 Å². The summed E-state index contributed by atoms with van der Waals surface area (Å²) in [6.07, 6.45) is -3.29. The van der Waals surface area contributed by atoms with Gasteiger partial charge in [0.2, 0.25) is 0 Å². The molecule has 2 heterocycles. The van der Waals surface area contributed by atoms with E-state index in [1.807, 2.05) is 6.92 Å². The molecule has 6 nitrogen and oxygen atoms in total. The maximum absolute atomic E-state index is 12.5. The predicted octanol–water partition coefficient (Wildman–Crippen LogP) is 4.28. The zero-order valence-corrected chi connectivity index (χ0v) is 16.3. The normalized spacial score (nSPS) is 15.7. The zero-order valence-electron chi connectivity index (χ0n) is 15.5. The third-order valence-corrected chi connectivity index (χ3v) is 4.64. The summed E-state index contributed by atoms with van der Waals surface area (Å²) in [5.74, 6) is -0.0913. The van der Waals surface area contributed by atoms with E-state index in [-0.39, 0.29) is 22.7 Å². The molecule has 0 saturated carbocycles. The van der Waals surface area contributed by atoms with Crippen LogP contribution in [-0.4, -0.2) is 48.5 Å². The van der Waals surface area contributed by atoms with Crippen LogP contribution in [-0.2, 0) is 4.74 Å². The smallest absolute Gasteiger partial charge is 0.406 e. The van der Waals surface area contributed by atoms with Gasteiger partial charge in [0.15, 0.2) is 0 Å². The van der Waals surface area contributed by atoms with Crippen LogP contribution in [0, 0.1) is 0 Å². The standard InChI is InChI=1S/C19H19ClF3N3O3/c1-12(13-2-4-15(5-3-13)29-19(21,22)23)25-17-16(20)10-14(11-24-17)18(27)26-6-8-28-9-7-26/h2-5,10-12H,6-9H2,1H3,(H,24,25)/t12-/m0/s1. The fourth-order valence-corrected chi connectivity index (χ4v) is 3.08. The van der Waals surface area contributed by atoms with E-state index in [1.165, 1.54) is 30.5 Å². The summed E-state index contributed by atoms with van der Waals surface area (Å²) in [5.41, 5.74) is 1.09. The maximum atomic E-state index is 12.5. The van der Waals surface area contributed by atoms with Crippen molar-refractivity contribution in [2.45, 2.75) is 19.3 Å². The lowest BCUT2D eigenvalue weighted by Crippen LogP contribution is -2.40. The molecule has 0 spiro atoms. The number of carbonyl (C=O) groups is 1. The predicted molar refractivity (Wildman–Crippen MR) is 101 cm³/mol. The summed E-state index contributed by atoms with van der Waals surface area (Å²) >= 11 is 6.28. The fraction of sp³-hybridized carbons (Fsp3) is 0.368. The Morgan fingerprint density at radius 1 is 1.28 bits per heavy atom. The average Bonchev–Trinajstić information content (AvgIpc) is 2.69. The number of alkyl halides is 3. The van der Waals surface area contributed by atoms with E-state index >= 15 is 0 Å². The van der Waals surface area contributed by atoms with E-state index in [1.54, 1.807) is 11.0 Å². The Morgan fingerprint density at radius 3 is 2.52 bits per heavy atom. The molecule has 3 rings (SSSR count). The van der Waals surface area contributed by atoms with Gasteiger partial charge in [-0.1, -0.05) is 23.7 Å². The highest BCUT2D eigenvalue weighted by Gasteiger charge is 2.31. The molecule has 1 aromatic heterocycles. The largest absolute Gasteiger partial charge is 0.573 e. The molecule has 1 aromatic carbocycles. The van der Waals surface area contributed by atoms with E-state index in [2.05, 4.69) is 15.0 Å². The lowest BCUT2D eigenvalue weighted by molar-refractivity contribution is -0.274. The number of amides is 1. The SMILES string of the molecule is C[C@H](Nc1ncc(C(=O)N2CCOCC2)cc1Cl)c1ccc(OC(F)(F)F)cc1. The second-order valence-corrected chi connectivity index (χ2v) is 6.85. The molecule has 1 N–H and O–H groups in total. The molecule has 2 aromatic rings. The summed E-state index contributed by atoms with van der Waals surface area (Å²) in [5, 5.41) is 3.36. The third kappa shape index (κ3) is 5.74. The summed E-state index contributed by atoms with van der Waals surface area (Å²) in [4.78, 5) is 18.4. The maximum Gasteiger partial charge on any atom is 0.573 e. The zero-order chi connectivity index (χ0) is 21.0. The number of ether oxygens (including phenoxy) is 2. The van der Waals surface area contributed by atoms with Gasteiger partial charge >= 0.3 is 6.36 Å². The van der Waals surface area contributed by atoms with Gasteiger partial charge in [-0.15, -0.1) is 13.2 Å². The molecule has 156 valence electrons. The van der Waals surface area contributed by atoms with E-state index in [9.17, 15) is 18.0 Å². The summed E-state index contributed by atoms with van der Waals surface area (Å²) in [6, 6.07) is 6.76. The number of carbonyl (C=O) groups excluding carboxylic acids is 1. The number of hydrogen-bond acceptors (Lipinski definition) is 5. The lowest BCUT2D eigenvalue weighted by Gasteiger charge is -2.27. The number of pyridine rings is 1. The van der Waals surface area contributed by atoms with E-state index in [4.69, 9.17) is 16.3 Å². The molecule has 29 heavy (non-hydrogen) atoms. The van der Waals surface area contributed by atoms with Crippen molar-refractivity contribution in [1.82, 2.24) is 9.88 Å². The van der Waals surface area contributed by atoms with E-state index < -0.39 is 6.36 Å². The lowest BCUT2D eigenvalue weighted by atomic mass is 10.1. The Labute approximate surface area is 170 Å². The van der Waals surface area contributed by atoms with Crippen molar-refractivity contribution in [2.24, 2.45) is 0 Å². The van der Waals surface area contributed by atoms with Gasteiger partial charge in [0, 0.05) is 25.3 Å². The molecule has 1 fully saturated rings. The highest BCUT2D eigenvalue weighted by molar-refractivity contribution is 6.33. The summed E-state index contributed by atoms with van der Waals surface area (Å²) in [7, 11) is 0. The molecule has 1 amide bonds. The first kappa shape index (κ1) is 21.2. The Kier molecular flexibility index (Phi) is 6.49. The minimum absolute atomic E-state index is 0.164. The van der Waals surface area contributed by atoms with Gasteiger partial charge in [-0.05, 0) is 30.7 Å². The van der Waals surface area contributed by atoms with Crippen LogP contribution in [0.1, 0.15) is 28.9 Å². The van der Waals surface area contributed by atoms with Gasteiger partial charge in [0.05, 0.1) is 23.8 Å². The second-order valence-electron chi connectivity index (χ2n) is 6.44. The molecule has 0 bridgehead atoms. The molecular formula is C19H19ClF3N3O3. The minimum Gasteiger partial charge on any atom is -0.406 e. The quantitative estimate of drug-likeness (QED) is 0.768. The highest BCUT2D eigenvalue weighted by Crippen LogP contribution is 2.28. The van der Waals surface area contributed by atoms with Crippen molar-refractivity contribution < 1.29 is 27.4 Å². The van der Waals surface area contributed by atoms with Crippen LogP contribution in [0.2, 0.25) is 5.02 Å². The fourth-order valence-electron chi connectivity index (χ4n) is 2.86. The number of nitrogens with one attached hydrogen (secondary N) is 1. The number of rotatable bonds is 5. The Hall–Kier alpha value is -2.52. The van der Waals surface area contributed by atoms with Crippen molar-refractivity contribution in [3.8, 4) is 5.75 Å². The first-order valence-electron chi connectivity index (χ1n) is 8.88. The molecule has 0 aliphatic carbocycles. The van der Waals surface area contributed by atoms with Gasteiger partial charge in [-0.25, -0.2) is 4.98 Å². The summed E-state index contributed by atoms with van der Waals surface area (Å²) < 4.78 is 45.8. The molecule has 0 radical (unpaired) electrons. The molecular weight excluding hydrogens is 411 g/mol. The van der Waals surface area contributed by atoms with Crippen LogP contribution in [0.3, 0.4) is 0 Å². The number of halogens is 4. The molecule has 0 unspecified atom stereocenters. The molecule has 1 aliphatic rings. The summed E-state index contributed by atoms with van der Waals surface area (Å²) in [6.45, 7) is 3.83. The van der Waals surface area contributed by atoms with Crippen molar-refractivity contribution in [1.29, 1.82) is 0 Å². The average molecular weight is 430 g/mol. The van der Waals surface area contributed by atoms with Crippen LogP contribution in [0.5, 0.6) is 5.75 Å². The molecule has 1 atom stereocenters. The van der Waals surface area contributed by atoms with Crippen LogP contribution < -0.4 is 10.1 Å². The topological polar surface area (TPSA) is 63.7 Å². The number of benzene rings is 1. The Balaban J connectivity index is 1.65. The first-order valence-corrected chi connectivity index (χ1v) is 9.25. The highest BCUT2D eigenvalue weighted by atomic mass is 35.5. The first-order chi connectivity index (χ1) is 13.7. The van der Waals surface area contributed by atoms with Crippen molar-refractivity contribution >= 4 is 23.3 Å². The minimum atomic E-state index is -4.73. The van der Waals surface area contributed by atoms with Gasteiger partial charge < -0.3 is 19.7 Å². The van der Waals surface area contributed by atoms with Crippen molar-refractivity contribution in [3.63, 3.8) is 0 Å². The molecule has 1 aliphatic heterocycles. The number of hydrogen-bond donors (Lipinski definition) is 1. The van der Waals surface area contributed by atoms with E-state index in [0.29, 0.717) is 43.2 Å². The number of anilines is 1. The van der Waals surface area contributed by atoms with Gasteiger partial charge in [-0.2, -0.15) is 0 Å². The molecule has 1 saturated heterocycles. The third-order valence-electron chi connectivity index (χ3n) is 4.35. The van der Waals surface area contributed by atoms with Gasteiger partial charge in [-0.3, -0.25) is 4.79 Å². The number of aromatic nitrogens is 1. The van der Waals surface area contributed by atoms with Crippen LogP contribution in [0.25, 0.3) is 0 Å². The van der Waals surface area contributed by atoms with Crippen molar-refractivity contribution in [2.75, 3.05) is 31.6 Å². The number of morpholine rings is 1. The second kappa shape index (κ2) is 8.87. The number of nitrogens with zero attached hydrogens (tertiary/aromatic N) is 2.